The first-order chi connectivity index (χ1) is 8.21. The highest BCUT2D eigenvalue weighted by Crippen LogP contribution is 2.32. The maximum atomic E-state index is 10.7. The second kappa shape index (κ2) is 5.80. The summed E-state index contributed by atoms with van der Waals surface area (Å²) in [6, 6.07) is 0.206. The molecule has 0 fully saturated rings. The minimum atomic E-state index is -0.272. The molecule has 5 heteroatoms. The van der Waals surface area contributed by atoms with E-state index in [0.29, 0.717) is 13.0 Å². The van der Waals surface area contributed by atoms with E-state index in [2.05, 4.69) is 38.0 Å². The zero-order valence-electron chi connectivity index (χ0n) is 11.8. The van der Waals surface area contributed by atoms with Gasteiger partial charge in [0.05, 0.1) is 10.7 Å². The number of hydrogen-bond donors (Lipinski definition) is 2. The van der Waals surface area contributed by atoms with Crippen molar-refractivity contribution >= 4 is 17.2 Å². The van der Waals surface area contributed by atoms with Crippen LogP contribution in [-0.4, -0.2) is 17.4 Å². The number of primary amides is 1. The van der Waals surface area contributed by atoms with E-state index in [1.807, 2.05) is 6.92 Å². The summed E-state index contributed by atoms with van der Waals surface area (Å²) in [7, 11) is 0. The molecule has 1 rings (SSSR count). The highest BCUT2D eigenvalue weighted by molar-refractivity contribution is 7.12. The van der Waals surface area contributed by atoms with Crippen LogP contribution in [0.2, 0.25) is 0 Å². The molecule has 1 atom stereocenters. The third-order valence-electron chi connectivity index (χ3n) is 2.69. The molecule has 1 aromatic heterocycles. The molecule has 0 aliphatic heterocycles. The number of amides is 1. The topological polar surface area (TPSA) is 68.0 Å². The van der Waals surface area contributed by atoms with Gasteiger partial charge in [-0.05, 0) is 13.8 Å². The van der Waals surface area contributed by atoms with E-state index in [0.717, 1.165) is 10.7 Å². The normalized spacial score (nSPS) is 13.6. The number of carbonyl (C=O) groups is 1. The van der Waals surface area contributed by atoms with Gasteiger partial charge in [-0.2, -0.15) is 0 Å². The van der Waals surface area contributed by atoms with Gasteiger partial charge in [-0.3, -0.25) is 4.79 Å². The van der Waals surface area contributed by atoms with E-state index in [9.17, 15) is 4.79 Å². The molecule has 0 spiro atoms. The average Bonchev–Trinajstić information content (AvgIpc) is 2.59. The lowest BCUT2D eigenvalue weighted by molar-refractivity contribution is -0.117. The number of aryl methyl sites for hydroxylation is 1. The molecular formula is C13H23N3OS. The van der Waals surface area contributed by atoms with Gasteiger partial charge in [0.2, 0.25) is 5.91 Å². The molecule has 0 saturated carbocycles. The Morgan fingerprint density at radius 1 is 1.50 bits per heavy atom. The summed E-state index contributed by atoms with van der Waals surface area (Å²) in [4.78, 5) is 16.6. The monoisotopic (exact) mass is 269 g/mol. The quantitative estimate of drug-likeness (QED) is 0.861. The standard InChI is InChI=1S/C13H23N3OS/c1-8(15-7-6-10(14)17)11-9(2)16-12(18-11)13(3,4)5/h8,15H,6-7H2,1-5H3,(H2,14,17). The first-order valence-electron chi connectivity index (χ1n) is 6.21. The number of rotatable bonds is 5. The molecule has 4 nitrogen and oxygen atoms in total. The summed E-state index contributed by atoms with van der Waals surface area (Å²) in [5, 5.41) is 4.46. The summed E-state index contributed by atoms with van der Waals surface area (Å²) in [6.45, 7) is 11.2. The van der Waals surface area contributed by atoms with Crippen LogP contribution in [0.4, 0.5) is 0 Å². The van der Waals surface area contributed by atoms with E-state index < -0.39 is 0 Å². The number of carbonyl (C=O) groups excluding carboxylic acids is 1. The number of nitrogens with zero attached hydrogens (tertiary/aromatic N) is 1. The molecule has 0 saturated heterocycles. The molecule has 0 aliphatic rings. The van der Waals surface area contributed by atoms with Crippen molar-refractivity contribution < 1.29 is 4.79 Å². The first kappa shape index (κ1) is 15.1. The molecule has 102 valence electrons. The van der Waals surface area contributed by atoms with Gasteiger partial charge in [0.1, 0.15) is 0 Å². The molecule has 18 heavy (non-hydrogen) atoms. The van der Waals surface area contributed by atoms with E-state index in [1.54, 1.807) is 11.3 Å². The SMILES string of the molecule is Cc1nc(C(C)(C)C)sc1C(C)NCCC(N)=O. The van der Waals surface area contributed by atoms with E-state index in [4.69, 9.17) is 5.73 Å². The predicted octanol–water partition coefficient (Wildman–Crippen LogP) is 2.28. The van der Waals surface area contributed by atoms with Gasteiger partial charge < -0.3 is 11.1 Å². The van der Waals surface area contributed by atoms with Gasteiger partial charge in [0, 0.05) is 29.3 Å². The van der Waals surface area contributed by atoms with Crippen LogP contribution in [0.1, 0.15) is 55.7 Å². The Bertz CT molecular complexity index is 420. The Hall–Kier alpha value is -0.940. The van der Waals surface area contributed by atoms with Crippen LogP contribution in [0.3, 0.4) is 0 Å². The lowest BCUT2D eigenvalue weighted by Gasteiger charge is -2.14. The first-order valence-corrected chi connectivity index (χ1v) is 7.03. The van der Waals surface area contributed by atoms with Crippen molar-refractivity contribution in [2.75, 3.05) is 6.54 Å². The second-order valence-corrected chi connectivity index (χ2v) is 6.64. The van der Waals surface area contributed by atoms with Gasteiger partial charge in [-0.1, -0.05) is 20.8 Å². The minimum Gasteiger partial charge on any atom is -0.370 e. The van der Waals surface area contributed by atoms with Crippen molar-refractivity contribution in [1.82, 2.24) is 10.3 Å². The summed E-state index contributed by atoms with van der Waals surface area (Å²) in [5.41, 5.74) is 6.28. The molecular weight excluding hydrogens is 246 g/mol. The molecule has 0 aliphatic carbocycles. The summed E-state index contributed by atoms with van der Waals surface area (Å²) < 4.78 is 0. The van der Waals surface area contributed by atoms with Crippen molar-refractivity contribution in [3.63, 3.8) is 0 Å². The van der Waals surface area contributed by atoms with Crippen LogP contribution in [0, 0.1) is 6.92 Å². The fourth-order valence-electron chi connectivity index (χ4n) is 1.64. The summed E-state index contributed by atoms with van der Waals surface area (Å²) in [5.74, 6) is -0.272. The molecule has 3 N–H and O–H groups in total. The third kappa shape index (κ3) is 4.07. The number of aromatic nitrogens is 1. The summed E-state index contributed by atoms with van der Waals surface area (Å²) in [6.07, 6.45) is 0.369. The van der Waals surface area contributed by atoms with Gasteiger partial charge in [-0.15, -0.1) is 11.3 Å². The Kier molecular flexibility index (Phi) is 4.87. The maximum absolute atomic E-state index is 10.7. The highest BCUT2D eigenvalue weighted by atomic mass is 32.1. The van der Waals surface area contributed by atoms with E-state index in [1.165, 1.54) is 4.88 Å². The smallest absolute Gasteiger partial charge is 0.218 e. The van der Waals surface area contributed by atoms with Crippen molar-refractivity contribution in [3.8, 4) is 0 Å². The van der Waals surface area contributed by atoms with Crippen LogP contribution in [-0.2, 0) is 10.2 Å². The van der Waals surface area contributed by atoms with Crippen LogP contribution < -0.4 is 11.1 Å². The number of nitrogens with two attached hydrogens (primary N) is 1. The van der Waals surface area contributed by atoms with Gasteiger partial charge in [0.25, 0.3) is 0 Å². The fourth-order valence-corrected chi connectivity index (χ4v) is 2.79. The maximum Gasteiger partial charge on any atom is 0.218 e. The van der Waals surface area contributed by atoms with Crippen molar-refractivity contribution in [3.05, 3.63) is 15.6 Å². The van der Waals surface area contributed by atoms with Crippen LogP contribution in [0.5, 0.6) is 0 Å². The lowest BCUT2D eigenvalue weighted by Crippen LogP contribution is -2.24. The highest BCUT2D eigenvalue weighted by Gasteiger charge is 2.22. The Morgan fingerprint density at radius 3 is 2.56 bits per heavy atom. The second-order valence-electron chi connectivity index (χ2n) is 5.61. The molecule has 1 amide bonds. The van der Waals surface area contributed by atoms with E-state index >= 15 is 0 Å². The number of hydrogen-bond acceptors (Lipinski definition) is 4. The number of nitrogens with one attached hydrogen (secondary N) is 1. The largest absolute Gasteiger partial charge is 0.370 e. The van der Waals surface area contributed by atoms with Gasteiger partial charge >= 0.3 is 0 Å². The van der Waals surface area contributed by atoms with Crippen LogP contribution in [0.15, 0.2) is 0 Å². The Morgan fingerprint density at radius 2 is 2.11 bits per heavy atom. The number of thiazole rings is 1. The molecule has 0 bridgehead atoms. The Labute approximate surface area is 113 Å². The molecule has 1 heterocycles. The fraction of sp³-hybridized carbons (Fsp3) is 0.692. The van der Waals surface area contributed by atoms with Crippen LogP contribution >= 0.6 is 11.3 Å². The molecule has 1 unspecified atom stereocenters. The van der Waals surface area contributed by atoms with Crippen molar-refractivity contribution in [2.24, 2.45) is 5.73 Å². The van der Waals surface area contributed by atoms with Crippen LogP contribution in [0.25, 0.3) is 0 Å². The zero-order chi connectivity index (χ0) is 13.9. The predicted molar refractivity (Wildman–Crippen MR) is 75.8 cm³/mol. The molecule has 0 radical (unpaired) electrons. The van der Waals surface area contributed by atoms with Crippen molar-refractivity contribution in [1.29, 1.82) is 0 Å². The minimum absolute atomic E-state index is 0.0839. The zero-order valence-corrected chi connectivity index (χ0v) is 12.6. The van der Waals surface area contributed by atoms with E-state index in [-0.39, 0.29) is 17.4 Å². The molecule has 1 aromatic rings. The van der Waals surface area contributed by atoms with Crippen molar-refractivity contribution in [2.45, 2.75) is 52.5 Å². The summed E-state index contributed by atoms with van der Waals surface area (Å²) >= 11 is 1.74. The average molecular weight is 269 g/mol. The van der Waals surface area contributed by atoms with Gasteiger partial charge in [-0.25, -0.2) is 4.98 Å². The van der Waals surface area contributed by atoms with Gasteiger partial charge in [0.15, 0.2) is 0 Å². The Balaban J connectivity index is 2.71. The third-order valence-corrected chi connectivity index (χ3v) is 4.46. The molecule has 0 aromatic carbocycles. The lowest BCUT2D eigenvalue weighted by atomic mass is 9.98.